The Bertz CT molecular complexity index is 452. The fourth-order valence-electron chi connectivity index (χ4n) is 2.20. The van der Waals surface area contributed by atoms with Crippen LogP contribution < -0.4 is 5.73 Å². The van der Waals surface area contributed by atoms with Crippen LogP contribution in [0.3, 0.4) is 0 Å². The van der Waals surface area contributed by atoms with Crippen LogP contribution in [-0.2, 0) is 4.79 Å². The summed E-state index contributed by atoms with van der Waals surface area (Å²) in [5.74, 6) is -0.132. The molecule has 0 saturated carbocycles. The fraction of sp³-hybridized carbons (Fsp3) is 0.538. The van der Waals surface area contributed by atoms with Crippen molar-refractivity contribution >= 4 is 35.6 Å². The van der Waals surface area contributed by atoms with E-state index < -0.39 is 0 Å². The summed E-state index contributed by atoms with van der Waals surface area (Å²) in [5.41, 5.74) is 5.86. The number of thiophene rings is 1. The van der Waals surface area contributed by atoms with E-state index in [9.17, 15) is 9.59 Å². The zero-order valence-corrected chi connectivity index (χ0v) is 13.1. The van der Waals surface area contributed by atoms with Gasteiger partial charge in [0.2, 0.25) is 5.91 Å². The number of nitrogens with zero attached hydrogens (tertiary/aromatic N) is 2. The Balaban J connectivity index is 0.00000200. The van der Waals surface area contributed by atoms with Crippen LogP contribution in [0.4, 0.5) is 0 Å². The number of carbonyl (C=O) groups is 2. The Morgan fingerprint density at radius 1 is 1.55 bits per heavy atom. The summed E-state index contributed by atoms with van der Waals surface area (Å²) in [5, 5.41) is 1.85. The Hall–Kier alpha value is -1.11. The third kappa shape index (κ3) is 4.19. The van der Waals surface area contributed by atoms with E-state index in [0.29, 0.717) is 11.4 Å². The minimum absolute atomic E-state index is 0. The minimum Gasteiger partial charge on any atom is -0.340 e. The highest BCUT2D eigenvalue weighted by molar-refractivity contribution is 7.12. The van der Waals surface area contributed by atoms with Gasteiger partial charge in [-0.3, -0.25) is 9.59 Å². The van der Waals surface area contributed by atoms with Crippen LogP contribution in [0, 0.1) is 0 Å². The maximum atomic E-state index is 12.1. The second-order valence-electron chi connectivity index (χ2n) is 4.88. The first kappa shape index (κ1) is 16.9. The lowest BCUT2D eigenvalue weighted by Gasteiger charge is -2.32. The van der Waals surface area contributed by atoms with Gasteiger partial charge >= 0.3 is 0 Å². The van der Waals surface area contributed by atoms with Crippen LogP contribution in [0.15, 0.2) is 17.5 Å². The maximum absolute atomic E-state index is 12.1. The summed E-state index contributed by atoms with van der Waals surface area (Å²) in [7, 11) is 1.66. The van der Waals surface area contributed by atoms with Gasteiger partial charge in [-0.15, -0.1) is 23.7 Å². The molecular formula is C13H20ClN3O2S. The molecule has 1 aromatic heterocycles. The highest BCUT2D eigenvalue weighted by Crippen LogP contribution is 2.12. The van der Waals surface area contributed by atoms with Crippen molar-refractivity contribution in [1.29, 1.82) is 0 Å². The summed E-state index contributed by atoms with van der Waals surface area (Å²) in [4.78, 5) is 28.0. The highest BCUT2D eigenvalue weighted by atomic mass is 35.5. The number of halogens is 1. The lowest BCUT2D eigenvalue weighted by molar-refractivity contribution is -0.132. The normalized spacial score (nSPS) is 18.3. The largest absolute Gasteiger partial charge is 0.340 e. The molecule has 20 heavy (non-hydrogen) atoms. The van der Waals surface area contributed by atoms with Gasteiger partial charge in [0, 0.05) is 26.2 Å². The SMILES string of the molecule is CN(CC(=O)N1CCCC(N)C1)C(=O)c1cccs1.Cl. The molecule has 0 bridgehead atoms. The minimum atomic E-state index is -0.107. The van der Waals surface area contributed by atoms with Crippen LogP contribution in [0.25, 0.3) is 0 Å². The number of piperidine rings is 1. The van der Waals surface area contributed by atoms with Crippen molar-refractivity contribution in [3.8, 4) is 0 Å². The van der Waals surface area contributed by atoms with E-state index in [1.165, 1.54) is 16.2 Å². The Morgan fingerprint density at radius 2 is 2.30 bits per heavy atom. The molecule has 1 aliphatic rings. The number of likely N-dealkylation sites (N-methyl/N-ethyl adjacent to an activating group) is 1. The first-order valence-corrected chi connectivity index (χ1v) is 7.28. The number of nitrogens with two attached hydrogens (primary N) is 1. The Kier molecular flexibility index (Phi) is 6.45. The van der Waals surface area contributed by atoms with Gasteiger partial charge in [0.05, 0.1) is 11.4 Å². The topological polar surface area (TPSA) is 66.6 Å². The Labute approximate surface area is 129 Å². The van der Waals surface area contributed by atoms with E-state index >= 15 is 0 Å². The van der Waals surface area contributed by atoms with Crippen LogP contribution in [0.5, 0.6) is 0 Å². The predicted molar refractivity (Wildman–Crippen MR) is 82.3 cm³/mol. The molecule has 0 aromatic carbocycles. The molecule has 2 heterocycles. The third-order valence-corrected chi connectivity index (χ3v) is 4.12. The van der Waals surface area contributed by atoms with Crippen molar-refractivity contribution in [3.63, 3.8) is 0 Å². The van der Waals surface area contributed by atoms with Crippen LogP contribution in [0.2, 0.25) is 0 Å². The van der Waals surface area contributed by atoms with E-state index in [1.807, 2.05) is 11.4 Å². The van der Waals surface area contributed by atoms with E-state index in [0.717, 1.165) is 19.4 Å². The lowest BCUT2D eigenvalue weighted by Crippen LogP contribution is -2.49. The first-order valence-electron chi connectivity index (χ1n) is 6.40. The molecule has 2 amide bonds. The first-order chi connectivity index (χ1) is 9.08. The third-order valence-electron chi connectivity index (χ3n) is 3.26. The van der Waals surface area contributed by atoms with Crippen LogP contribution in [0.1, 0.15) is 22.5 Å². The molecule has 2 N–H and O–H groups in total. The van der Waals surface area contributed by atoms with Crippen molar-refractivity contribution in [2.24, 2.45) is 5.73 Å². The van der Waals surface area contributed by atoms with Gasteiger partial charge in [0.15, 0.2) is 0 Å². The van der Waals surface area contributed by atoms with Gasteiger partial charge < -0.3 is 15.5 Å². The molecule has 1 aromatic rings. The highest BCUT2D eigenvalue weighted by Gasteiger charge is 2.23. The summed E-state index contributed by atoms with van der Waals surface area (Å²) in [6, 6.07) is 3.66. The van der Waals surface area contributed by atoms with Crippen molar-refractivity contribution in [1.82, 2.24) is 9.80 Å². The second-order valence-corrected chi connectivity index (χ2v) is 5.83. The summed E-state index contributed by atoms with van der Waals surface area (Å²) >= 11 is 1.39. The molecular weight excluding hydrogens is 298 g/mol. The lowest BCUT2D eigenvalue weighted by atomic mass is 10.1. The quantitative estimate of drug-likeness (QED) is 0.910. The fourth-order valence-corrected chi connectivity index (χ4v) is 2.92. The molecule has 1 atom stereocenters. The number of likely N-dealkylation sites (tertiary alicyclic amines) is 1. The molecule has 1 saturated heterocycles. The molecule has 112 valence electrons. The number of hydrogen-bond acceptors (Lipinski definition) is 4. The molecule has 1 fully saturated rings. The molecule has 1 aliphatic heterocycles. The smallest absolute Gasteiger partial charge is 0.264 e. The predicted octanol–water partition coefficient (Wildman–Crippen LogP) is 1.19. The van der Waals surface area contributed by atoms with Gasteiger partial charge in [0.1, 0.15) is 0 Å². The van der Waals surface area contributed by atoms with Gasteiger partial charge in [-0.1, -0.05) is 6.07 Å². The van der Waals surface area contributed by atoms with E-state index in [-0.39, 0.29) is 36.8 Å². The molecule has 7 heteroatoms. The van der Waals surface area contributed by atoms with E-state index in [2.05, 4.69) is 0 Å². The zero-order chi connectivity index (χ0) is 13.8. The van der Waals surface area contributed by atoms with Gasteiger partial charge in [0.25, 0.3) is 5.91 Å². The number of amides is 2. The number of rotatable bonds is 3. The standard InChI is InChI=1S/C13H19N3O2S.ClH/c1-15(13(18)11-5-3-7-19-11)9-12(17)16-6-2-4-10(14)8-16;/h3,5,7,10H,2,4,6,8-9,14H2,1H3;1H. The van der Waals surface area contributed by atoms with E-state index in [4.69, 9.17) is 5.73 Å². The second kappa shape index (κ2) is 7.61. The van der Waals surface area contributed by atoms with E-state index in [1.54, 1.807) is 18.0 Å². The van der Waals surface area contributed by atoms with Gasteiger partial charge in [-0.05, 0) is 24.3 Å². The number of hydrogen-bond donors (Lipinski definition) is 1. The number of carbonyl (C=O) groups excluding carboxylic acids is 2. The van der Waals surface area contributed by atoms with Crippen LogP contribution in [-0.4, -0.2) is 54.3 Å². The summed E-state index contributed by atoms with van der Waals surface area (Å²) in [6.45, 7) is 1.46. The van der Waals surface area contributed by atoms with Crippen molar-refractivity contribution < 1.29 is 9.59 Å². The monoisotopic (exact) mass is 317 g/mol. The summed E-state index contributed by atoms with van der Waals surface area (Å²) in [6.07, 6.45) is 1.91. The molecule has 5 nitrogen and oxygen atoms in total. The van der Waals surface area contributed by atoms with Crippen molar-refractivity contribution in [3.05, 3.63) is 22.4 Å². The maximum Gasteiger partial charge on any atom is 0.264 e. The average molecular weight is 318 g/mol. The van der Waals surface area contributed by atoms with Gasteiger partial charge in [-0.2, -0.15) is 0 Å². The molecule has 1 unspecified atom stereocenters. The zero-order valence-electron chi connectivity index (χ0n) is 11.4. The van der Waals surface area contributed by atoms with Crippen molar-refractivity contribution in [2.75, 3.05) is 26.7 Å². The average Bonchev–Trinajstić information content (AvgIpc) is 2.91. The molecule has 0 radical (unpaired) electrons. The molecule has 0 aliphatic carbocycles. The molecule has 0 spiro atoms. The van der Waals surface area contributed by atoms with Crippen LogP contribution >= 0.6 is 23.7 Å². The summed E-state index contributed by atoms with van der Waals surface area (Å²) < 4.78 is 0. The van der Waals surface area contributed by atoms with Gasteiger partial charge in [-0.25, -0.2) is 0 Å². The Morgan fingerprint density at radius 3 is 2.90 bits per heavy atom. The molecule has 2 rings (SSSR count). The van der Waals surface area contributed by atoms with Crippen molar-refractivity contribution in [2.45, 2.75) is 18.9 Å².